The zero-order valence-corrected chi connectivity index (χ0v) is 11.5. The van der Waals surface area contributed by atoms with Gasteiger partial charge in [0.05, 0.1) is 6.42 Å². The Balaban J connectivity index is 1.66. The molecule has 0 aromatic heterocycles. The lowest BCUT2D eigenvalue weighted by Crippen LogP contribution is -2.40. The number of rotatable bonds is 2. The zero-order chi connectivity index (χ0) is 13.9. The topological polar surface area (TPSA) is 64.8 Å². The van der Waals surface area contributed by atoms with Crippen LogP contribution in [-0.4, -0.2) is 36.7 Å². The van der Waals surface area contributed by atoms with E-state index in [0.717, 1.165) is 42.9 Å². The number of benzene rings is 1. The molecule has 1 saturated heterocycles. The first-order valence-electron chi connectivity index (χ1n) is 7.14. The molecule has 1 fully saturated rings. The van der Waals surface area contributed by atoms with Crippen LogP contribution < -0.4 is 15.2 Å². The lowest BCUT2D eigenvalue weighted by Gasteiger charge is -2.22. The molecule has 0 radical (unpaired) electrons. The molecule has 3 rings (SSSR count). The first kappa shape index (κ1) is 13.2. The molecule has 0 unspecified atom stereocenters. The summed E-state index contributed by atoms with van der Waals surface area (Å²) in [5, 5.41) is 0. The van der Waals surface area contributed by atoms with Crippen molar-refractivity contribution in [1.82, 2.24) is 4.90 Å². The predicted octanol–water partition coefficient (Wildman–Crippen LogP) is 1.30. The highest BCUT2D eigenvalue weighted by molar-refractivity contribution is 5.79. The maximum atomic E-state index is 12.4. The van der Waals surface area contributed by atoms with E-state index in [1.807, 2.05) is 23.1 Å². The highest BCUT2D eigenvalue weighted by atomic mass is 16.7. The highest BCUT2D eigenvalue weighted by Crippen LogP contribution is 2.32. The monoisotopic (exact) mass is 276 g/mol. The van der Waals surface area contributed by atoms with Gasteiger partial charge in [0.1, 0.15) is 0 Å². The van der Waals surface area contributed by atoms with Crippen LogP contribution in [0.3, 0.4) is 0 Å². The Morgan fingerprint density at radius 1 is 1.30 bits per heavy atom. The summed E-state index contributed by atoms with van der Waals surface area (Å²) in [5.74, 6) is 1.61. The average molecular weight is 276 g/mol. The third kappa shape index (κ3) is 2.88. The number of fused-ring (bicyclic) bond motifs is 1. The summed E-state index contributed by atoms with van der Waals surface area (Å²) in [6, 6.07) is 5.78. The molecule has 0 saturated carbocycles. The number of carbonyl (C=O) groups is 1. The Kier molecular flexibility index (Phi) is 3.78. The Morgan fingerprint density at radius 3 is 3.05 bits per heavy atom. The van der Waals surface area contributed by atoms with Gasteiger partial charge in [-0.2, -0.15) is 0 Å². The Labute approximate surface area is 118 Å². The molecule has 2 aliphatic heterocycles. The van der Waals surface area contributed by atoms with E-state index in [9.17, 15) is 4.79 Å². The van der Waals surface area contributed by atoms with Crippen LogP contribution in [0.25, 0.3) is 0 Å². The highest BCUT2D eigenvalue weighted by Gasteiger charge is 2.21. The van der Waals surface area contributed by atoms with Gasteiger partial charge in [0.2, 0.25) is 12.7 Å². The summed E-state index contributed by atoms with van der Waals surface area (Å²) < 4.78 is 10.6. The van der Waals surface area contributed by atoms with Crippen molar-refractivity contribution in [2.24, 2.45) is 5.73 Å². The van der Waals surface area contributed by atoms with Gasteiger partial charge in [-0.1, -0.05) is 12.5 Å². The lowest BCUT2D eigenvalue weighted by molar-refractivity contribution is -0.130. The van der Waals surface area contributed by atoms with Crippen LogP contribution in [0.15, 0.2) is 18.2 Å². The molecule has 0 bridgehead atoms. The third-order valence-electron chi connectivity index (χ3n) is 3.85. The van der Waals surface area contributed by atoms with Crippen molar-refractivity contribution in [2.45, 2.75) is 31.7 Å². The van der Waals surface area contributed by atoms with E-state index in [2.05, 4.69) is 0 Å². The van der Waals surface area contributed by atoms with Gasteiger partial charge in [0.15, 0.2) is 11.5 Å². The fraction of sp³-hybridized carbons (Fsp3) is 0.533. The summed E-state index contributed by atoms with van der Waals surface area (Å²) in [5.41, 5.74) is 6.96. The van der Waals surface area contributed by atoms with Crippen molar-refractivity contribution < 1.29 is 14.3 Å². The van der Waals surface area contributed by atoms with Gasteiger partial charge in [-0.25, -0.2) is 0 Å². The Morgan fingerprint density at radius 2 is 2.15 bits per heavy atom. The molecule has 0 spiro atoms. The van der Waals surface area contributed by atoms with Gasteiger partial charge in [0, 0.05) is 19.1 Å². The van der Waals surface area contributed by atoms with Crippen molar-refractivity contribution in [1.29, 1.82) is 0 Å². The average Bonchev–Trinajstić information content (AvgIpc) is 2.78. The molecular weight excluding hydrogens is 256 g/mol. The van der Waals surface area contributed by atoms with E-state index in [1.165, 1.54) is 0 Å². The first-order valence-corrected chi connectivity index (χ1v) is 7.14. The molecule has 108 valence electrons. The molecule has 1 atom stereocenters. The first-order chi connectivity index (χ1) is 9.72. The van der Waals surface area contributed by atoms with Crippen molar-refractivity contribution in [3.63, 3.8) is 0 Å². The Hall–Kier alpha value is -1.75. The zero-order valence-electron chi connectivity index (χ0n) is 11.5. The van der Waals surface area contributed by atoms with E-state index in [4.69, 9.17) is 15.2 Å². The number of amides is 1. The summed E-state index contributed by atoms with van der Waals surface area (Å²) in [4.78, 5) is 14.3. The van der Waals surface area contributed by atoms with Crippen LogP contribution in [0.5, 0.6) is 11.5 Å². The van der Waals surface area contributed by atoms with E-state index >= 15 is 0 Å². The van der Waals surface area contributed by atoms with Crippen LogP contribution in [-0.2, 0) is 11.2 Å². The maximum absolute atomic E-state index is 12.4. The normalized spacial score (nSPS) is 21.6. The number of hydrogen-bond acceptors (Lipinski definition) is 4. The molecular formula is C15H20N2O3. The molecule has 1 aromatic carbocycles. The number of nitrogens with zero attached hydrogens (tertiary/aromatic N) is 1. The van der Waals surface area contributed by atoms with Crippen LogP contribution in [0.4, 0.5) is 0 Å². The summed E-state index contributed by atoms with van der Waals surface area (Å²) >= 11 is 0. The van der Waals surface area contributed by atoms with Crippen LogP contribution in [0.1, 0.15) is 24.8 Å². The van der Waals surface area contributed by atoms with E-state index < -0.39 is 0 Å². The van der Waals surface area contributed by atoms with Crippen LogP contribution >= 0.6 is 0 Å². The largest absolute Gasteiger partial charge is 0.454 e. The van der Waals surface area contributed by atoms with Gasteiger partial charge in [0.25, 0.3) is 0 Å². The quantitative estimate of drug-likeness (QED) is 0.884. The van der Waals surface area contributed by atoms with E-state index in [-0.39, 0.29) is 18.7 Å². The molecule has 0 aliphatic carbocycles. The molecule has 1 amide bonds. The molecule has 2 aliphatic rings. The molecule has 2 N–H and O–H groups in total. The summed E-state index contributed by atoms with van der Waals surface area (Å²) in [6.07, 6.45) is 3.55. The molecule has 2 heterocycles. The minimum absolute atomic E-state index is 0.109. The van der Waals surface area contributed by atoms with Crippen molar-refractivity contribution in [3.05, 3.63) is 23.8 Å². The fourth-order valence-corrected chi connectivity index (χ4v) is 2.74. The summed E-state index contributed by atoms with van der Waals surface area (Å²) in [7, 11) is 0. The van der Waals surface area contributed by atoms with Gasteiger partial charge >= 0.3 is 0 Å². The van der Waals surface area contributed by atoms with Gasteiger partial charge in [-0.3, -0.25) is 4.79 Å². The van der Waals surface area contributed by atoms with Crippen molar-refractivity contribution in [3.8, 4) is 11.5 Å². The lowest BCUT2D eigenvalue weighted by atomic mass is 10.1. The van der Waals surface area contributed by atoms with E-state index in [0.29, 0.717) is 13.0 Å². The molecule has 1 aromatic rings. The minimum atomic E-state index is 0.109. The SMILES string of the molecule is N[C@H]1CCCCN(C(=O)Cc2ccc3c(c2)OCO3)C1. The third-order valence-corrected chi connectivity index (χ3v) is 3.85. The maximum Gasteiger partial charge on any atom is 0.231 e. The second-order valence-electron chi connectivity index (χ2n) is 5.46. The van der Waals surface area contributed by atoms with Gasteiger partial charge in [-0.05, 0) is 30.5 Å². The smallest absolute Gasteiger partial charge is 0.231 e. The number of likely N-dealkylation sites (tertiary alicyclic amines) is 1. The second kappa shape index (κ2) is 5.71. The minimum Gasteiger partial charge on any atom is -0.454 e. The van der Waals surface area contributed by atoms with E-state index in [1.54, 1.807) is 0 Å². The van der Waals surface area contributed by atoms with Crippen LogP contribution in [0, 0.1) is 0 Å². The fourth-order valence-electron chi connectivity index (χ4n) is 2.74. The Bertz CT molecular complexity index is 504. The standard InChI is InChI=1S/C15H20N2O3/c16-12-3-1-2-6-17(9-12)15(18)8-11-4-5-13-14(7-11)20-10-19-13/h4-5,7,12H,1-3,6,8-10,16H2/t12-/m0/s1. The van der Waals surface area contributed by atoms with Gasteiger partial charge < -0.3 is 20.1 Å². The second-order valence-corrected chi connectivity index (χ2v) is 5.46. The number of hydrogen-bond donors (Lipinski definition) is 1. The number of nitrogens with two attached hydrogens (primary N) is 1. The number of ether oxygens (including phenoxy) is 2. The van der Waals surface area contributed by atoms with Gasteiger partial charge in [-0.15, -0.1) is 0 Å². The summed E-state index contributed by atoms with van der Waals surface area (Å²) in [6.45, 7) is 1.74. The van der Waals surface area contributed by atoms with Crippen molar-refractivity contribution in [2.75, 3.05) is 19.9 Å². The molecule has 5 nitrogen and oxygen atoms in total. The van der Waals surface area contributed by atoms with Crippen LogP contribution in [0.2, 0.25) is 0 Å². The molecule has 5 heteroatoms. The number of carbonyl (C=O) groups excluding carboxylic acids is 1. The predicted molar refractivity (Wildman–Crippen MR) is 74.7 cm³/mol. The molecule has 20 heavy (non-hydrogen) atoms. The van der Waals surface area contributed by atoms with Crippen molar-refractivity contribution >= 4 is 5.91 Å².